The highest BCUT2D eigenvalue weighted by Crippen LogP contribution is 2.28. The zero-order valence-electron chi connectivity index (χ0n) is 10.3. The summed E-state index contributed by atoms with van der Waals surface area (Å²) in [7, 11) is 0. The van der Waals surface area contributed by atoms with Gasteiger partial charge in [-0.15, -0.1) is 0 Å². The van der Waals surface area contributed by atoms with Gasteiger partial charge in [-0.05, 0) is 56.2 Å². The molecule has 0 spiro atoms. The lowest BCUT2D eigenvalue weighted by Crippen LogP contribution is -1.89. The summed E-state index contributed by atoms with van der Waals surface area (Å²) in [6.45, 7) is 5.93. The van der Waals surface area contributed by atoms with Crippen molar-refractivity contribution in [3.63, 3.8) is 0 Å². The number of aryl methyl sites for hydroxylation is 3. The fraction of sp³-hybridized carbons (Fsp3) is 0.200. The molecule has 0 aliphatic carbocycles. The highest BCUT2D eigenvalue weighted by Gasteiger charge is 2.03. The van der Waals surface area contributed by atoms with Crippen LogP contribution in [0.15, 0.2) is 36.4 Å². The van der Waals surface area contributed by atoms with Crippen molar-refractivity contribution in [3.05, 3.63) is 53.1 Å². The van der Waals surface area contributed by atoms with Crippen LogP contribution in [0, 0.1) is 20.8 Å². The Balaban J connectivity index is 2.28. The minimum absolute atomic E-state index is 0.290. The van der Waals surface area contributed by atoms with Crippen LogP contribution < -0.4 is 4.74 Å². The van der Waals surface area contributed by atoms with Crippen LogP contribution >= 0.6 is 0 Å². The van der Waals surface area contributed by atoms with Gasteiger partial charge in [0, 0.05) is 0 Å². The maximum atomic E-state index is 9.45. The van der Waals surface area contributed by atoms with Gasteiger partial charge in [0.2, 0.25) is 0 Å². The van der Waals surface area contributed by atoms with Crippen LogP contribution in [0.5, 0.6) is 17.2 Å². The predicted octanol–water partition coefficient (Wildman–Crippen LogP) is 4.11. The number of phenolic OH excluding ortho intramolecular Hbond substituents is 1. The molecule has 1 N–H and O–H groups in total. The molecular formula is C15H16O2. The Morgan fingerprint density at radius 1 is 0.882 bits per heavy atom. The Labute approximate surface area is 101 Å². The molecule has 0 bridgehead atoms. The number of ether oxygens (including phenoxy) is 1. The lowest BCUT2D eigenvalue weighted by molar-refractivity contribution is 0.459. The normalized spacial score (nSPS) is 10.3. The van der Waals surface area contributed by atoms with Crippen molar-refractivity contribution in [1.82, 2.24) is 0 Å². The first kappa shape index (κ1) is 11.5. The Hall–Kier alpha value is -1.96. The van der Waals surface area contributed by atoms with Crippen molar-refractivity contribution in [2.24, 2.45) is 0 Å². The van der Waals surface area contributed by atoms with E-state index in [9.17, 15) is 5.11 Å². The van der Waals surface area contributed by atoms with Crippen LogP contribution in [0.25, 0.3) is 0 Å². The van der Waals surface area contributed by atoms with Gasteiger partial charge in [0.05, 0.1) is 0 Å². The molecule has 88 valence electrons. The average Bonchev–Trinajstić information content (AvgIpc) is 2.27. The van der Waals surface area contributed by atoms with Crippen molar-refractivity contribution in [1.29, 1.82) is 0 Å². The molecule has 0 radical (unpaired) electrons. The van der Waals surface area contributed by atoms with E-state index in [4.69, 9.17) is 4.74 Å². The minimum Gasteiger partial charge on any atom is -0.508 e. The summed E-state index contributed by atoms with van der Waals surface area (Å²) in [4.78, 5) is 0. The summed E-state index contributed by atoms with van der Waals surface area (Å²) in [6.07, 6.45) is 0. The largest absolute Gasteiger partial charge is 0.508 e. The van der Waals surface area contributed by atoms with Crippen molar-refractivity contribution in [2.75, 3.05) is 0 Å². The molecule has 0 unspecified atom stereocenters. The first-order valence-electron chi connectivity index (χ1n) is 5.61. The van der Waals surface area contributed by atoms with E-state index in [0.29, 0.717) is 0 Å². The van der Waals surface area contributed by atoms with Gasteiger partial charge >= 0.3 is 0 Å². The minimum atomic E-state index is 0.290. The number of phenols is 1. The third kappa shape index (κ3) is 2.59. The van der Waals surface area contributed by atoms with Crippen molar-refractivity contribution >= 4 is 0 Å². The quantitative estimate of drug-likeness (QED) is 0.838. The molecule has 0 heterocycles. The van der Waals surface area contributed by atoms with E-state index in [2.05, 4.69) is 13.0 Å². The average molecular weight is 228 g/mol. The lowest BCUT2D eigenvalue weighted by atomic mass is 10.1. The van der Waals surface area contributed by atoms with E-state index in [-0.39, 0.29) is 5.75 Å². The molecule has 0 saturated heterocycles. The third-order valence-electron chi connectivity index (χ3n) is 2.73. The number of aromatic hydroxyl groups is 1. The summed E-state index contributed by atoms with van der Waals surface area (Å²) in [5.74, 6) is 1.88. The molecule has 2 rings (SSSR count). The molecule has 0 fully saturated rings. The van der Waals surface area contributed by atoms with Crippen molar-refractivity contribution < 1.29 is 9.84 Å². The Bertz CT molecular complexity index is 545. The highest BCUT2D eigenvalue weighted by atomic mass is 16.5. The molecule has 2 aromatic rings. The van der Waals surface area contributed by atoms with Crippen LogP contribution in [-0.4, -0.2) is 5.11 Å². The topological polar surface area (TPSA) is 29.5 Å². The second-order valence-electron chi connectivity index (χ2n) is 4.32. The molecule has 0 aliphatic heterocycles. The Morgan fingerprint density at radius 2 is 1.65 bits per heavy atom. The molecule has 17 heavy (non-hydrogen) atoms. The van der Waals surface area contributed by atoms with Gasteiger partial charge < -0.3 is 9.84 Å². The standard InChI is InChI=1S/C15H16O2/c1-10-4-7-15(12(3)8-10)17-13-5-6-14(16)11(2)9-13/h4-9,16H,1-3H3. The molecule has 2 heteroatoms. The predicted molar refractivity (Wildman–Crippen MR) is 68.8 cm³/mol. The fourth-order valence-electron chi connectivity index (χ4n) is 1.73. The van der Waals surface area contributed by atoms with Gasteiger partial charge in [0.15, 0.2) is 0 Å². The van der Waals surface area contributed by atoms with Crippen LogP contribution in [0.1, 0.15) is 16.7 Å². The molecule has 0 amide bonds. The van der Waals surface area contributed by atoms with Gasteiger partial charge in [-0.2, -0.15) is 0 Å². The van der Waals surface area contributed by atoms with Gasteiger partial charge in [-0.3, -0.25) is 0 Å². The first-order valence-corrected chi connectivity index (χ1v) is 5.61. The first-order chi connectivity index (χ1) is 8.06. The molecule has 0 atom stereocenters. The number of rotatable bonds is 2. The van der Waals surface area contributed by atoms with Crippen molar-refractivity contribution in [3.8, 4) is 17.2 Å². The summed E-state index contributed by atoms with van der Waals surface area (Å²) >= 11 is 0. The third-order valence-corrected chi connectivity index (χ3v) is 2.73. The Morgan fingerprint density at radius 3 is 2.29 bits per heavy atom. The summed E-state index contributed by atoms with van der Waals surface area (Å²) in [6, 6.07) is 11.3. The molecule has 2 aromatic carbocycles. The smallest absolute Gasteiger partial charge is 0.130 e. The number of benzene rings is 2. The van der Waals surface area contributed by atoms with E-state index in [0.717, 1.165) is 22.6 Å². The van der Waals surface area contributed by atoms with Gasteiger partial charge in [0.25, 0.3) is 0 Å². The van der Waals surface area contributed by atoms with Crippen LogP contribution in [0.3, 0.4) is 0 Å². The monoisotopic (exact) mass is 228 g/mol. The Kier molecular flexibility index (Phi) is 3.05. The summed E-state index contributed by atoms with van der Waals surface area (Å²) < 4.78 is 5.79. The van der Waals surface area contributed by atoms with Gasteiger partial charge in [-0.25, -0.2) is 0 Å². The fourth-order valence-corrected chi connectivity index (χ4v) is 1.73. The van der Waals surface area contributed by atoms with E-state index in [1.165, 1.54) is 5.56 Å². The van der Waals surface area contributed by atoms with E-state index < -0.39 is 0 Å². The molecule has 0 saturated carbocycles. The van der Waals surface area contributed by atoms with Crippen LogP contribution in [0.2, 0.25) is 0 Å². The summed E-state index contributed by atoms with van der Waals surface area (Å²) in [5.41, 5.74) is 3.14. The summed E-state index contributed by atoms with van der Waals surface area (Å²) in [5, 5.41) is 9.45. The van der Waals surface area contributed by atoms with Crippen LogP contribution in [-0.2, 0) is 0 Å². The lowest BCUT2D eigenvalue weighted by Gasteiger charge is -2.10. The second-order valence-corrected chi connectivity index (χ2v) is 4.32. The molecule has 0 aromatic heterocycles. The van der Waals surface area contributed by atoms with E-state index >= 15 is 0 Å². The molecule has 0 aliphatic rings. The zero-order valence-corrected chi connectivity index (χ0v) is 10.3. The molecular weight excluding hydrogens is 212 g/mol. The number of hydrogen-bond acceptors (Lipinski definition) is 2. The maximum absolute atomic E-state index is 9.45. The maximum Gasteiger partial charge on any atom is 0.130 e. The second kappa shape index (κ2) is 4.50. The van der Waals surface area contributed by atoms with E-state index in [1.54, 1.807) is 12.1 Å². The van der Waals surface area contributed by atoms with Crippen LogP contribution in [0.4, 0.5) is 0 Å². The van der Waals surface area contributed by atoms with Crippen molar-refractivity contribution in [2.45, 2.75) is 20.8 Å². The number of hydrogen-bond donors (Lipinski definition) is 1. The van der Waals surface area contributed by atoms with Gasteiger partial charge in [0.1, 0.15) is 17.2 Å². The highest BCUT2D eigenvalue weighted by molar-refractivity contribution is 5.43. The van der Waals surface area contributed by atoms with Gasteiger partial charge in [-0.1, -0.05) is 17.7 Å². The van der Waals surface area contributed by atoms with E-state index in [1.807, 2.05) is 32.0 Å². The zero-order chi connectivity index (χ0) is 12.4. The molecule has 2 nitrogen and oxygen atoms in total. The SMILES string of the molecule is Cc1ccc(Oc2ccc(O)c(C)c2)c(C)c1.